The maximum absolute atomic E-state index is 10.9. The van der Waals surface area contributed by atoms with E-state index in [2.05, 4.69) is 24.0 Å². The lowest BCUT2D eigenvalue weighted by atomic mass is 10.2. The molecule has 0 unspecified atom stereocenters. The fraction of sp³-hybridized carbons (Fsp3) is 0.0714. The molecular formula is C14H13NO2S. The fourth-order valence-corrected chi connectivity index (χ4v) is 2.30. The molecule has 0 spiro atoms. The van der Waals surface area contributed by atoms with Gasteiger partial charge in [0.05, 0.1) is 0 Å². The Labute approximate surface area is 110 Å². The van der Waals surface area contributed by atoms with E-state index in [9.17, 15) is 4.79 Å². The summed E-state index contributed by atoms with van der Waals surface area (Å²) in [6.07, 6.45) is 1.14. The van der Waals surface area contributed by atoms with Gasteiger partial charge in [-0.1, -0.05) is 36.9 Å². The highest BCUT2D eigenvalue weighted by Gasteiger charge is 2.02. The van der Waals surface area contributed by atoms with Crippen molar-refractivity contribution in [2.45, 2.75) is 0 Å². The van der Waals surface area contributed by atoms with Crippen LogP contribution < -0.4 is 5.32 Å². The van der Waals surface area contributed by atoms with Crippen molar-refractivity contribution in [1.29, 1.82) is 0 Å². The summed E-state index contributed by atoms with van der Waals surface area (Å²) < 4.78 is 4.85. The van der Waals surface area contributed by atoms with E-state index in [1.165, 1.54) is 10.4 Å². The molecule has 0 saturated heterocycles. The smallest absolute Gasteiger partial charge is 0.331 e. The normalized spacial score (nSPS) is 9.78. The molecule has 3 nitrogen and oxygen atoms in total. The predicted octanol–water partition coefficient (Wildman–Crippen LogP) is 3.51. The van der Waals surface area contributed by atoms with Crippen LogP contribution in [0.4, 0.5) is 5.69 Å². The topological polar surface area (TPSA) is 38.3 Å². The molecule has 1 aromatic carbocycles. The van der Waals surface area contributed by atoms with Crippen molar-refractivity contribution < 1.29 is 9.53 Å². The molecule has 18 heavy (non-hydrogen) atoms. The Morgan fingerprint density at radius 1 is 1.39 bits per heavy atom. The van der Waals surface area contributed by atoms with Crippen LogP contribution in [0.3, 0.4) is 0 Å². The van der Waals surface area contributed by atoms with Gasteiger partial charge in [0, 0.05) is 22.0 Å². The Balaban J connectivity index is 1.95. The van der Waals surface area contributed by atoms with Crippen LogP contribution >= 0.6 is 11.3 Å². The van der Waals surface area contributed by atoms with Crippen LogP contribution in [-0.4, -0.2) is 12.7 Å². The first-order valence-electron chi connectivity index (χ1n) is 5.46. The minimum Gasteiger partial charge on any atom is -0.441 e. The molecule has 0 atom stereocenters. The number of anilines is 1. The summed E-state index contributed by atoms with van der Waals surface area (Å²) in [6, 6.07) is 12.2. The largest absolute Gasteiger partial charge is 0.441 e. The third-order valence-corrected chi connectivity index (χ3v) is 3.29. The van der Waals surface area contributed by atoms with Crippen molar-refractivity contribution >= 4 is 23.0 Å². The summed E-state index contributed by atoms with van der Waals surface area (Å²) >= 11 is 1.64. The molecule has 0 bridgehead atoms. The maximum atomic E-state index is 10.9. The van der Waals surface area contributed by atoms with Crippen LogP contribution in [0, 0.1) is 0 Å². The third-order valence-electron chi connectivity index (χ3n) is 2.32. The molecule has 1 heterocycles. The number of ether oxygens (including phenoxy) is 1. The number of nitrogens with one attached hydrogen (secondary N) is 1. The monoisotopic (exact) mass is 259 g/mol. The standard InChI is InChI=1S/C14H13NO2S/c1-2-14(16)17-10-15-12-8-13(18-9-12)11-6-4-3-5-7-11/h2-9,15H,1,10H2. The molecule has 0 amide bonds. The molecule has 0 aliphatic carbocycles. The second kappa shape index (κ2) is 6.02. The second-order valence-corrected chi connectivity index (χ2v) is 4.47. The van der Waals surface area contributed by atoms with E-state index in [0.717, 1.165) is 11.8 Å². The molecule has 0 aliphatic heterocycles. The minimum absolute atomic E-state index is 0.149. The van der Waals surface area contributed by atoms with Gasteiger partial charge in [-0.3, -0.25) is 0 Å². The average Bonchev–Trinajstić information content (AvgIpc) is 2.88. The highest BCUT2D eigenvalue weighted by molar-refractivity contribution is 7.14. The highest BCUT2D eigenvalue weighted by Crippen LogP contribution is 2.29. The summed E-state index contributed by atoms with van der Waals surface area (Å²) in [7, 11) is 0. The van der Waals surface area contributed by atoms with E-state index < -0.39 is 5.97 Å². The Kier molecular flexibility index (Phi) is 4.15. The number of hydrogen-bond acceptors (Lipinski definition) is 4. The number of benzene rings is 1. The zero-order chi connectivity index (χ0) is 12.8. The van der Waals surface area contributed by atoms with Crippen molar-refractivity contribution in [2.75, 3.05) is 12.0 Å². The highest BCUT2D eigenvalue weighted by atomic mass is 32.1. The van der Waals surface area contributed by atoms with Crippen LogP contribution in [-0.2, 0) is 9.53 Å². The second-order valence-electron chi connectivity index (χ2n) is 3.55. The molecular weight excluding hydrogens is 246 g/mol. The first kappa shape index (κ1) is 12.4. The van der Waals surface area contributed by atoms with Crippen LogP contribution in [0.15, 0.2) is 54.4 Å². The molecule has 2 rings (SSSR count). The van der Waals surface area contributed by atoms with E-state index in [4.69, 9.17) is 4.74 Å². The molecule has 1 aromatic heterocycles. The number of thiophene rings is 1. The Morgan fingerprint density at radius 3 is 2.89 bits per heavy atom. The Hall–Kier alpha value is -2.07. The SMILES string of the molecule is C=CC(=O)OCNc1csc(-c2ccccc2)c1. The third kappa shape index (κ3) is 3.21. The van der Waals surface area contributed by atoms with Crippen molar-refractivity contribution in [3.8, 4) is 10.4 Å². The number of hydrogen-bond donors (Lipinski definition) is 1. The van der Waals surface area contributed by atoms with Gasteiger partial charge in [0.2, 0.25) is 0 Å². The van der Waals surface area contributed by atoms with Crippen LogP contribution in [0.5, 0.6) is 0 Å². The Bertz CT molecular complexity index is 534. The summed E-state index contributed by atoms with van der Waals surface area (Å²) in [4.78, 5) is 12.0. The summed E-state index contributed by atoms with van der Waals surface area (Å²) in [5.41, 5.74) is 2.12. The number of carbonyl (C=O) groups is 1. The van der Waals surface area contributed by atoms with Gasteiger partial charge in [0.25, 0.3) is 0 Å². The van der Waals surface area contributed by atoms with Gasteiger partial charge < -0.3 is 10.1 Å². The predicted molar refractivity (Wildman–Crippen MR) is 74.5 cm³/mol. The van der Waals surface area contributed by atoms with E-state index in [-0.39, 0.29) is 6.73 Å². The number of carbonyl (C=O) groups excluding carboxylic acids is 1. The lowest BCUT2D eigenvalue weighted by Gasteiger charge is -2.03. The lowest BCUT2D eigenvalue weighted by Crippen LogP contribution is -2.09. The van der Waals surface area contributed by atoms with Gasteiger partial charge in [0.1, 0.15) is 0 Å². The van der Waals surface area contributed by atoms with E-state index >= 15 is 0 Å². The van der Waals surface area contributed by atoms with Crippen molar-refractivity contribution in [2.24, 2.45) is 0 Å². The lowest BCUT2D eigenvalue weighted by molar-refractivity contribution is -0.136. The molecule has 92 valence electrons. The first-order valence-corrected chi connectivity index (χ1v) is 6.34. The van der Waals surface area contributed by atoms with Gasteiger partial charge in [-0.05, 0) is 11.6 Å². The summed E-state index contributed by atoms with van der Waals surface area (Å²) in [5.74, 6) is -0.430. The average molecular weight is 259 g/mol. The molecule has 2 aromatic rings. The Morgan fingerprint density at radius 2 is 2.17 bits per heavy atom. The van der Waals surface area contributed by atoms with Gasteiger partial charge in [-0.2, -0.15) is 0 Å². The molecule has 0 radical (unpaired) electrons. The molecule has 4 heteroatoms. The van der Waals surface area contributed by atoms with E-state index in [1.807, 2.05) is 29.6 Å². The number of esters is 1. The van der Waals surface area contributed by atoms with Crippen molar-refractivity contribution in [1.82, 2.24) is 0 Å². The summed E-state index contributed by atoms with van der Waals surface area (Å²) in [6.45, 7) is 3.48. The van der Waals surface area contributed by atoms with Crippen LogP contribution in [0.2, 0.25) is 0 Å². The van der Waals surface area contributed by atoms with Crippen molar-refractivity contribution in [3.63, 3.8) is 0 Å². The summed E-state index contributed by atoms with van der Waals surface area (Å²) in [5, 5.41) is 5.01. The molecule has 0 fully saturated rings. The zero-order valence-electron chi connectivity index (χ0n) is 9.76. The maximum Gasteiger partial charge on any atom is 0.331 e. The molecule has 1 N–H and O–H groups in total. The van der Waals surface area contributed by atoms with Crippen LogP contribution in [0.25, 0.3) is 10.4 Å². The van der Waals surface area contributed by atoms with Gasteiger partial charge in [-0.25, -0.2) is 4.79 Å². The van der Waals surface area contributed by atoms with Crippen LogP contribution in [0.1, 0.15) is 0 Å². The zero-order valence-corrected chi connectivity index (χ0v) is 10.6. The van der Waals surface area contributed by atoms with E-state index in [1.54, 1.807) is 11.3 Å². The fourth-order valence-electron chi connectivity index (χ4n) is 1.43. The van der Waals surface area contributed by atoms with Crippen molar-refractivity contribution in [3.05, 3.63) is 54.4 Å². The first-order chi connectivity index (χ1) is 8.79. The van der Waals surface area contributed by atoms with E-state index in [0.29, 0.717) is 0 Å². The molecule has 0 saturated carbocycles. The minimum atomic E-state index is -0.430. The van der Waals surface area contributed by atoms with Gasteiger partial charge in [0.15, 0.2) is 6.73 Å². The van der Waals surface area contributed by atoms with Gasteiger partial charge >= 0.3 is 5.97 Å². The molecule has 0 aliphatic rings. The number of rotatable bonds is 5. The quantitative estimate of drug-likeness (QED) is 0.507. The van der Waals surface area contributed by atoms with Gasteiger partial charge in [-0.15, -0.1) is 11.3 Å².